The monoisotopic (exact) mass is 329 g/mol. The molecule has 2 heterocycles. The summed E-state index contributed by atoms with van der Waals surface area (Å²) in [5.74, 6) is -1.95. The number of halogens is 2. The van der Waals surface area contributed by atoms with Crippen LogP contribution in [-0.4, -0.2) is 34.4 Å². The molecule has 7 heteroatoms. The molecule has 1 saturated heterocycles. The Balaban J connectivity index is 1.52. The predicted octanol–water partition coefficient (Wildman–Crippen LogP) is 2.43. The average Bonchev–Trinajstić information content (AvgIpc) is 3.29. The van der Waals surface area contributed by atoms with Gasteiger partial charge < -0.3 is 5.32 Å². The van der Waals surface area contributed by atoms with Crippen molar-refractivity contribution in [1.29, 1.82) is 0 Å². The maximum absolute atomic E-state index is 13.3. The van der Waals surface area contributed by atoms with Crippen molar-refractivity contribution in [2.45, 2.75) is 18.4 Å². The van der Waals surface area contributed by atoms with Crippen LogP contribution in [0, 0.1) is 11.6 Å². The minimum Gasteiger partial charge on any atom is -0.329 e. The second-order valence-corrected chi connectivity index (χ2v) is 5.94. The quantitative estimate of drug-likeness (QED) is 0.880. The van der Waals surface area contributed by atoms with E-state index in [4.69, 9.17) is 0 Å². The summed E-state index contributed by atoms with van der Waals surface area (Å²) in [6, 6.07) is 6.72. The molecule has 122 valence electrons. The van der Waals surface area contributed by atoms with Crippen molar-refractivity contribution in [2.24, 2.45) is 0 Å². The summed E-state index contributed by atoms with van der Waals surface area (Å²) in [4.78, 5) is 28.9. The largest absolute Gasteiger partial charge is 0.329 e. The van der Waals surface area contributed by atoms with Gasteiger partial charge in [-0.05, 0) is 36.2 Å². The van der Waals surface area contributed by atoms with Crippen molar-refractivity contribution in [3.63, 3.8) is 0 Å². The molecule has 3 amide bonds. The molecule has 1 N–H and O–H groups in total. The molecule has 2 aliphatic rings. The molecule has 24 heavy (non-hydrogen) atoms. The summed E-state index contributed by atoms with van der Waals surface area (Å²) >= 11 is 0. The van der Waals surface area contributed by atoms with Crippen LogP contribution in [0.3, 0.4) is 0 Å². The van der Waals surface area contributed by atoms with Crippen LogP contribution in [0.2, 0.25) is 0 Å². The van der Waals surface area contributed by atoms with Crippen LogP contribution in [0.4, 0.5) is 13.6 Å². The Morgan fingerprint density at radius 1 is 1.12 bits per heavy atom. The topological polar surface area (TPSA) is 62.3 Å². The van der Waals surface area contributed by atoms with E-state index in [2.05, 4.69) is 10.3 Å². The molecule has 2 atom stereocenters. The molecule has 1 saturated carbocycles. The van der Waals surface area contributed by atoms with E-state index in [-0.39, 0.29) is 30.4 Å². The molecule has 4 rings (SSSR count). The third kappa shape index (κ3) is 2.42. The molecule has 1 aromatic carbocycles. The lowest BCUT2D eigenvalue weighted by atomic mass is 10.1. The van der Waals surface area contributed by atoms with E-state index >= 15 is 0 Å². The Morgan fingerprint density at radius 2 is 1.96 bits per heavy atom. The van der Waals surface area contributed by atoms with E-state index in [0.717, 1.165) is 17.7 Å². The molecule has 1 aliphatic carbocycles. The molecule has 0 unspecified atom stereocenters. The van der Waals surface area contributed by atoms with Crippen LogP contribution in [0.15, 0.2) is 36.5 Å². The minimum absolute atomic E-state index is 0.0510. The molecular weight excluding hydrogens is 316 g/mol. The number of urea groups is 1. The van der Waals surface area contributed by atoms with E-state index < -0.39 is 11.6 Å². The first kappa shape index (κ1) is 14.7. The normalized spacial score (nSPS) is 22.7. The Morgan fingerprint density at radius 3 is 2.58 bits per heavy atom. The number of pyridine rings is 1. The number of amides is 3. The fourth-order valence-corrected chi connectivity index (χ4v) is 3.05. The van der Waals surface area contributed by atoms with Crippen molar-refractivity contribution in [3.8, 4) is 11.3 Å². The zero-order valence-corrected chi connectivity index (χ0v) is 12.5. The van der Waals surface area contributed by atoms with E-state index in [1.165, 1.54) is 11.0 Å². The van der Waals surface area contributed by atoms with Gasteiger partial charge in [0.15, 0.2) is 11.6 Å². The lowest BCUT2D eigenvalue weighted by molar-refractivity contribution is -0.125. The zero-order chi connectivity index (χ0) is 16.8. The van der Waals surface area contributed by atoms with E-state index in [0.29, 0.717) is 17.7 Å². The van der Waals surface area contributed by atoms with Gasteiger partial charge in [-0.25, -0.2) is 13.6 Å². The number of carbonyl (C=O) groups excluding carboxylic acids is 2. The Labute approximate surface area is 136 Å². The summed E-state index contributed by atoms with van der Waals surface area (Å²) < 4.78 is 26.3. The highest BCUT2D eigenvalue weighted by molar-refractivity contribution is 6.02. The van der Waals surface area contributed by atoms with Crippen LogP contribution >= 0.6 is 0 Å². The number of hydrogen-bond acceptors (Lipinski definition) is 3. The first-order chi connectivity index (χ1) is 11.5. The summed E-state index contributed by atoms with van der Waals surface area (Å²) in [6.45, 7) is 0.0510. The second kappa shape index (κ2) is 5.36. The summed E-state index contributed by atoms with van der Waals surface area (Å²) in [7, 11) is 0. The van der Waals surface area contributed by atoms with Gasteiger partial charge in [-0.15, -0.1) is 0 Å². The van der Waals surface area contributed by atoms with Crippen molar-refractivity contribution in [3.05, 3.63) is 53.7 Å². The number of nitrogens with one attached hydrogen (secondary N) is 1. The molecule has 2 aromatic rings. The third-order valence-corrected chi connectivity index (χ3v) is 4.40. The van der Waals surface area contributed by atoms with E-state index in [1.54, 1.807) is 12.3 Å². The summed E-state index contributed by atoms with van der Waals surface area (Å²) in [6.07, 6.45) is 2.37. The number of aromatic nitrogens is 1. The maximum atomic E-state index is 13.3. The van der Waals surface area contributed by atoms with Crippen LogP contribution in [-0.2, 0) is 4.79 Å². The lowest BCUT2D eigenvalue weighted by Crippen LogP contribution is -2.33. The van der Waals surface area contributed by atoms with Crippen LogP contribution < -0.4 is 5.32 Å². The van der Waals surface area contributed by atoms with Gasteiger partial charge in [-0.3, -0.25) is 14.7 Å². The van der Waals surface area contributed by atoms with Crippen molar-refractivity contribution in [2.75, 3.05) is 6.54 Å². The SMILES string of the molecule is O=C1CNC(=O)N1[C@H]1C[C@@H]1c1ccc(-c2ccc(F)c(F)c2)nc1. The number of imide groups is 1. The maximum Gasteiger partial charge on any atom is 0.324 e. The molecule has 1 aliphatic heterocycles. The zero-order valence-electron chi connectivity index (χ0n) is 12.5. The number of rotatable bonds is 3. The van der Waals surface area contributed by atoms with Gasteiger partial charge in [0.2, 0.25) is 5.91 Å². The van der Waals surface area contributed by atoms with Gasteiger partial charge in [-0.1, -0.05) is 6.07 Å². The number of nitrogens with zero attached hydrogens (tertiary/aromatic N) is 2. The summed E-state index contributed by atoms with van der Waals surface area (Å²) in [5, 5.41) is 2.51. The van der Waals surface area contributed by atoms with Crippen molar-refractivity contribution >= 4 is 11.9 Å². The highest BCUT2D eigenvalue weighted by Gasteiger charge is 2.49. The minimum atomic E-state index is -0.917. The second-order valence-electron chi connectivity index (χ2n) is 5.94. The standard InChI is InChI=1S/C17H13F2N3O2/c18-12-3-1-9(5-13(12)19)14-4-2-10(7-20-14)11-6-15(11)22-16(23)8-21-17(22)24/h1-5,7,11,15H,6,8H2,(H,21,24)/t11-,15+/m1/s1. The van der Waals surface area contributed by atoms with E-state index in [9.17, 15) is 18.4 Å². The third-order valence-electron chi connectivity index (χ3n) is 4.40. The average molecular weight is 329 g/mol. The first-order valence-corrected chi connectivity index (χ1v) is 7.56. The molecule has 0 spiro atoms. The van der Waals surface area contributed by atoms with Crippen molar-refractivity contribution < 1.29 is 18.4 Å². The van der Waals surface area contributed by atoms with Gasteiger partial charge >= 0.3 is 6.03 Å². The number of carbonyl (C=O) groups is 2. The number of hydrogen-bond donors (Lipinski definition) is 1. The van der Waals surface area contributed by atoms with Crippen LogP contribution in [0.25, 0.3) is 11.3 Å². The molecule has 0 bridgehead atoms. The van der Waals surface area contributed by atoms with Crippen molar-refractivity contribution in [1.82, 2.24) is 15.2 Å². The van der Waals surface area contributed by atoms with Gasteiger partial charge in [0.25, 0.3) is 0 Å². The first-order valence-electron chi connectivity index (χ1n) is 7.56. The molecule has 0 radical (unpaired) electrons. The Hall–Kier alpha value is -2.83. The molecular formula is C17H13F2N3O2. The summed E-state index contributed by atoms with van der Waals surface area (Å²) in [5.41, 5.74) is 1.94. The van der Waals surface area contributed by atoms with Gasteiger partial charge in [-0.2, -0.15) is 0 Å². The highest BCUT2D eigenvalue weighted by Crippen LogP contribution is 2.45. The molecule has 1 aromatic heterocycles. The van der Waals surface area contributed by atoms with Crippen LogP contribution in [0.5, 0.6) is 0 Å². The smallest absolute Gasteiger partial charge is 0.324 e. The van der Waals surface area contributed by atoms with Gasteiger partial charge in [0.1, 0.15) is 0 Å². The molecule has 2 fully saturated rings. The fourth-order valence-electron chi connectivity index (χ4n) is 3.05. The lowest BCUT2D eigenvalue weighted by Gasteiger charge is -2.12. The van der Waals surface area contributed by atoms with Gasteiger partial charge in [0.05, 0.1) is 12.2 Å². The van der Waals surface area contributed by atoms with E-state index in [1.807, 2.05) is 6.07 Å². The predicted molar refractivity (Wildman–Crippen MR) is 81.0 cm³/mol. The highest BCUT2D eigenvalue weighted by atomic mass is 19.2. The van der Waals surface area contributed by atoms with Gasteiger partial charge in [0, 0.05) is 23.7 Å². The molecule has 5 nitrogen and oxygen atoms in total. The fraction of sp³-hybridized carbons (Fsp3) is 0.235. The Bertz CT molecular complexity index is 822. The number of benzene rings is 1. The van der Waals surface area contributed by atoms with Crippen LogP contribution in [0.1, 0.15) is 17.9 Å². The Kier molecular flexibility index (Phi) is 3.30.